The van der Waals surface area contributed by atoms with Crippen LogP contribution >= 0.6 is 0 Å². The van der Waals surface area contributed by atoms with Crippen LogP contribution in [0.3, 0.4) is 0 Å². The molecule has 3 aromatic rings. The van der Waals surface area contributed by atoms with E-state index in [9.17, 15) is 4.79 Å². The third kappa shape index (κ3) is 4.54. The highest BCUT2D eigenvalue weighted by molar-refractivity contribution is 5.41. The SMILES string of the molecule is Cc1ccn2c(=O)cc(CN(Cc3ccccc3)CC(C)C)nc2c1. The van der Waals surface area contributed by atoms with Gasteiger partial charge in [-0.2, -0.15) is 0 Å². The topological polar surface area (TPSA) is 37.6 Å². The quantitative estimate of drug-likeness (QED) is 0.690. The third-order valence-corrected chi connectivity index (χ3v) is 4.13. The van der Waals surface area contributed by atoms with Gasteiger partial charge in [-0.1, -0.05) is 44.2 Å². The predicted octanol–water partition coefficient (Wildman–Crippen LogP) is 3.66. The van der Waals surface area contributed by atoms with Crippen molar-refractivity contribution in [2.45, 2.75) is 33.9 Å². The predicted molar refractivity (Wildman–Crippen MR) is 102 cm³/mol. The van der Waals surface area contributed by atoms with E-state index >= 15 is 0 Å². The molecule has 3 rings (SSSR count). The first-order valence-corrected chi connectivity index (χ1v) is 8.76. The van der Waals surface area contributed by atoms with Gasteiger partial charge in [0.2, 0.25) is 0 Å². The Morgan fingerprint density at radius 2 is 1.84 bits per heavy atom. The Morgan fingerprint density at radius 3 is 2.56 bits per heavy atom. The number of aromatic nitrogens is 2. The lowest BCUT2D eigenvalue weighted by Crippen LogP contribution is -2.28. The first-order valence-electron chi connectivity index (χ1n) is 8.76. The first-order chi connectivity index (χ1) is 12.0. The van der Waals surface area contributed by atoms with Crippen molar-refractivity contribution in [2.75, 3.05) is 6.54 Å². The summed E-state index contributed by atoms with van der Waals surface area (Å²) in [5.41, 5.74) is 3.90. The van der Waals surface area contributed by atoms with E-state index in [0.29, 0.717) is 18.1 Å². The molecule has 0 amide bonds. The Bertz CT molecular complexity index is 900. The number of fused-ring (bicyclic) bond motifs is 1. The Labute approximate surface area is 148 Å². The zero-order valence-corrected chi connectivity index (χ0v) is 15.1. The molecule has 0 unspecified atom stereocenters. The van der Waals surface area contributed by atoms with E-state index in [0.717, 1.165) is 24.3 Å². The molecule has 0 saturated heterocycles. The van der Waals surface area contributed by atoms with Gasteiger partial charge in [-0.25, -0.2) is 4.98 Å². The molecule has 2 heterocycles. The van der Waals surface area contributed by atoms with E-state index < -0.39 is 0 Å². The molecule has 4 nitrogen and oxygen atoms in total. The van der Waals surface area contributed by atoms with Gasteiger partial charge in [-0.05, 0) is 36.1 Å². The highest BCUT2D eigenvalue weighted by atomic mass is 16.1. The van der Waals surface area contributed by atoms with Crippen molar-refractivity contribution < 1.29 is 0 Å². The summed E-state index contributed by atoms with van der Waals surface area (Å²) in [6.07, 6.45) is 1.79. The van der Waals surface area contributed by atoms with Crippen molar-refractivity contribution >= 4 is 5.65 Å². The molecule has 2 aromatic heterocycles. The van der Waals surface area contributed by atoms with Crippen LogP contribution in [0.1, 0.15) is 30.7 Å². The highest BCUT2D eigenvalue weighted by Gasteiger charge is 2.12. The summed E-state index contributed by atoms with van der Waals surface area (Å²) in [7, 11) is 0. The van der Waals surface area contributed by atoms with Crippen LogP contribution in [0.15, 0.2) is 59.5 Å². The number of hydrogen-bond acceptors (Lipinski definition) is 3. The normalized spacial score (nSPS) is 11.6. The van der Waals surface area contributed by atoms with Gasteiger partial charge in [0.1, 0.15) is 5.65 Å². The number of nitrogens with zero attached hydrogens (tertiary/aromatic N) is 3. The average Bonchev–Trinajstić information content (AvgIpc) is 2.54. The number of pyridine rings is 1. The summed E-state index contributed by atoms with van der Waals surface area (Å²) in [4.78, 5) is 19.4. The minimum atomic E-state index is -0.0239. The zero-order chi connectivity index (χ0) is 17.8. The molecule has 0 saturated carbocycles. The molecule has 1 aromatic carbocycles. The van der Waals surface area contributed by atoms with Crippen LogP contribution in [0.2, 0.25) is 0 Å². The molecule has 0 aliphatic heterocycles. The number of hydrogen-bond donors (Lipinski definition) is 0. The minimum absolute atomic E-state index is 0.0239. The standard InChI is InChI=1S/C21H25N3O/c1-16(2)13-23(14-18-7-5-4-6-8-18)15-19-12-21(25)24-10-9-17(3)11-20(24)22-19/h4-12,16H,13-15H2,1-3H3. The molecule has 130 valence electrons. The van der Waals surface area contributed by atoms with Gasteiger partial charge in [0, 0.05) is 31.9 Å². The fourth-order valence-electron chi connectivity index (χ4n) is 3.11. The zero-order valence-electron chi connectivity index (χ0n) is 15.1. The van der Waals surface area contributed by atoms with Crippen molar-refractivity contribution in [3.8, 4) is 0 Å². The van der Waals surface area contributed by atoms with Crippen LogP contribution in [0.5, 0.6) is 0 Å². The largest absolute Gasteiger partial charge is 0.293 e. The van der Waals surface area contributed by atoms with Crippen molar-refractivity contribution in [3.05, 3.63) is 81.9 Å². The van der Waals surface area contributed by atoms with Crippen LogP contribution in [-0.2, 0) is 13.1 Å². The van der Waals surface area contributed by atoms with Gasteiger partial charge in [0.25, 0.3) is 5.56 Å². The molecule has 0 aliphatic rings. The molecular formula is C21H25N3O. The summed E-state index contributed by atoms with van der Waals surface area (Å²) in [5, 5.41) is 0. The minimum Gasteiger partial charge on any atom is -0.293 e. The number of benzene rings is 1. The molecule has 0 aliphatic carbocycles. The Balaban J connectivity index is 1.88. The van der Waals surface area contributed by atoms with E-state index in [4.69, 9.17) is 4.98 Å². The van der Waals surface area contributed by atoms with Crippen molar-refractivity contribution in [2.24, 2.45) is 5.92 Å². The lowest BCUT2D eigenvalue weighted by Gasteiger charge is -2.24. The first kappa shape index (κ1) is 17.4. The average molecular weight is 335 g/mol. The van der Waals surface area contributed by atoms with E-state index in [1.807, 2.05) is 25.1 Å². The summed E-state index contributed by atoms with van der Waals surface area (Å²) in [6, 6.07) is 16.0. The van der Waals surface area contributed by atoms with Crippen LogP contribution in [0, 0.1) is 12.8 Å². The van der Waals surface area contributed by atoms with Crippen molar-refractivity contribution in [1.82, 2.24) is 14.3 Å². The third-order valence-electron chi connectivity index (χ3n) is 4.13. The lowest BCUT2D eigenvalue weighted by atomic mass is 10.1. The molecular weight excluding hydrogens is 310 g/mol. The maximum Gasteiger partial charge on any atom is 0.258 e. The maximum atomic E-state index is 12.4. The lowest BCUT2D eigenvalue weighted by molar-refractivity contribution is 0.225. The summed E-state index contributed by atoms with van der Waals surface area (Å²) in [6.45, 7) is 8.93. The Hall–Kier alpha value is -2.46. The van der Waals surface area contributed by atoms with Crippen molar-refractivity contribution in [1.29, 1.82) is 0 Å². The van der Waals surface area contributed by atoms with E-state index in [-0.39, 0.29) is 5.56 Å². The fourth-order valence-corrected chi connectivity index (χ4v) is 3.11. The van der Waals surface area contributed by atoms with Gasteiger partial charge in [-0.15, -0.1) is 0 Å². The Kier molecular flexibility index (Phi) is 5.29. The van der Waals surface area contributed by atoms with Gasteiger partial charge in [0.05, 0.1) is 5.69 Å². The molecule has 0 spiro atoms. The second-order valence-electron chi connectivity index (χ2n) is 7.07. The van der Waals surface area contributed by atoms with Crippen LogP contribution in [0.4, 0.5) is 0 Å². The van der Waals surface area contributed by atoms with Gasteiger partial charge in [0.15, 0.2) is 0 Å². The van der Waals surface area contributed by atoms with Crippen LogP contribution < -0.4 is 5.56 Å². The van der Waals surface area contributed by atoms with Gasteiger partial charge >= 0.3 is 0 Å². The molecule has 25 heavy (non-hydrogen) atoms. The fraction of sp³-hybridized carbons (Fsp3) is 0.333. The smallest absolute Gasteiger partial charge is 0.258 e. The van der Waals surface area contributed by atoms with E-state index in [1.54, 1.807) is 16.7 Å². The second-order valence-corrected chi connectivity index (χ2v) is 7.07. The van der Waals surface area contributed by atoms with Gasteiger partial charge < -0.3 is 0 Å². The van der Waals surface area contributed by atoms with Gasteiger partial charge in [-0.3, -0.25) is 14.1 Å². The molecule has 0 N–H and O–H groups in total. The number of rotatable bonds is 6. The summed E-state index contributed by atoms with van der Waals surface area (Å²) < 4.78 is 1.60. The highest BCUT2D eigenvalue weighted by Crippen LogP contribution is 2.11. The van der Waals surface area contributed by atoms with Crippen LogP contribution in [-0.4, -0.2) is 20.8 Å². The molecule has 0 bridgehead atoms. The number of aryl methyl sites for hydroxylation is 1. The Morgan fingerprint density at radius 1 is 1.08 bits per heavy atom. The van der Waals surface area contributed by atoms with E-state index in [2.05, 4.69) is 43.0 Å². The second kappa shape index (κ2) is 7.62. The maximum absolute atomic E-state index is 12.4. The van der Waals surface area contributed by atoms with Crippen LogP contribution in [0.25, 0.3) is 5.65 Å². The van der Waals surface area contributed by atoms with E-state index in [1.165, 1.54) is 5.56 Å². The summed E-state index contributed by atoms with van der Waals surface area (Å²) in [5.74, 6) is 0.549. The molecule has 0 fully saturated rings. The molecule has 0 radical (unpaired) electrons. The molecule has 4 heteroatoms. The summed E-state index contributed by atoms with van der Waals surface area (Å²) >= 11 is 0. The van der Waals surface area contributed by atoms with Crippen molar-refractivity contribution in [3.63, 3.8) is 0 Å². The monoisotopic (exact) mass is 335 g/mol. The molecule has 0 atom stereocenters.